The maximum Gasteiger partial charge on any atom is 0.410 e. The van der Waals surface area contributed by atoms with Crippen molar-refractivity contribution in [2.75, 3.05) is 20.3 Å². The number of amides is 1. The summed E-state index contributed by atoms with van der Waals surface area (Å²) >= 11 is 0. The van der Waals surface area contributed by atoms with Gasteiger partial charge in [-0.2, -0.15) is 0 Å². The number of carbonyl (C=O) groups is 2. The lowest BCUT2D eigenvalue weighted by Gasteiger charge is -2.51. The molecule has 1 aromatic carbocycles. The number of ketones is 1. The van der Waals surface area contributed by atoms with Gasteiger partial charge in [0.2, 0.25) is 0 Å². The molecule has 2 saturated heterocycles. The molecule has 4 atom stereocenters. The molecule has 0 saturated carbocycles. The number of hydrogen-bond donors (Lipinski definition) is 0. The number of benzene rings is 1. The smallest absolute Gasteiger partial charge is 0.410 e. The Balaban J connectivity index is 1.91. The van der Waals surface area contributed by atoms with Crippen LogP contribution in [0.3, 0.4) is 0 Å². The Morgan fingerprint density at radius 2 is 1.92 bits per heavy atom. The lowest BCUT2D eigenvalue weighted by atomic mass is 9.69. The van der Waals surface area contributed by atoms with Gasteiger partial charge in [0.25, 0.3) is 0 Å². The maximum absolute atomic E-state index is 13.3. The van der Waals surface area contributed by atoms with Crippen LogP contribution in [0.5, 0.6) is 0 Å². The lowest BCUT2D eigenvalue weighted by Crippen LogP contribution is -2.68. The average molecular weight is 343 g/mol. The zero-order valence-corrected chi connectivity index (χ0v) is 14.3. The first-order valence-electron chi connectivity index (χ1n) is 8.49. The summed E-state index contributed by atoms with van der Waals surface area (Å²) in [5.74, 6) is -0.820. The minimum Gasteiger partial charge on any atom is -0.453 e. The molecule has 3 aliphatic rings. The highest BCUT2D eigenvalue weighted by Crippen LogP contribution is 2.52. The van der Waals surface area contributed by atoms with Gasteiger partial charge >= 0.3 is 6.09 Å². The van der Waals surface area contributed by atoms with Crippen molar-refractivity contribution in [2.45, 2.75) is 30.7 Å². The molecular weight excluding hydrogens is 322 g/mol. The SMILES string of the molecule is COC(=O)N1[C@@H]2C=C[C@@]1(C1OCCO1)[C@@H](c1ccccc1)C(=O)[C@H]2C. The zero-order chi connectivity index (χ0) is 17.6. The van der Waals surface area contributed by atoms with Crippen LogP contribution in [0.1, 0.15) is 18.4 Å². The van der Waals surface area contributed by atoms with E-state index in [1.54, 1.807) is 4.90 Å². The van der Waals surface area contributed by atoms with Gasteiger partial charge in [0.05, 0.1) is 32.3 Å². The number of piperidine rings is 1. The normalized spacial score (nSPS) is 34.6. The van der Waals surface area contributed by atoms with Crippen LogP contribution in [-0.4, -0.2) is 55.0 Å². The van der Waals surface area contributed by atoms with Gasteiger partial charge in [-0.3, -0.25) is 9.69 Å². The highest BCUT2D eigenvalue weighted by Gasteiger charge is 2.65. The number of methoxy groups -OCH3 is 1. The molecule has 0 N–H and O–H groups in total. The largest absolute Gasteiger partial charge is 0.453 e. The molecule has 1 amide bonds. The first-order valence-corrected chi connectivity index (χ1v) is 8.49. The van der Waals surface area contributed by atoms with Crippen LogP contribution >= 0.6 is 0 Å². The highest BCUT2D eigenvalue weighted by atomic mass is 16.7. The Bertz CT molecular complexity index is 712. The van der Waals surface area contributed by atoms with Crippen molar-refractivity contribution >= 4 is 11.9 Å². The minimum absolute atomic E-state index is 0.0838. The fourth-order valence-corrected chi connectivity index (χ4v) is 4.37. The van der Waals surface area contributed by atoms with Crippen molar-refractivity contribution in [1.82, 2.24) is 4.90 Å². The van der Waals surface area contributed by atoms with Crippen molar-refractivity contribution in [2.24, 2.45) is 5.92 Å². The first kappa shape index (κ1) is 16.3. The van der Waals surface area contributed by atoms with Gasteiger partial charge in [-0.15, -0.1) is 0 Å². The molecule has 0 spiro atoms. The molecule has 4 rings (SSSR count). The molecule has 0 radical (unpaired) electrons. The zero-order valence-electron chi connectivity index (χ0n) is 14.3. The highest BCUT2D eigenvalue weighted by molar-refractivity contribution is 5.94. The van der Waals surface area contributed by atoms with E-state index in [1.165, 1.54) is 7.11 Å². The van der Waals surface area contributed by atoms with Crippen molar-refractivity contribution in [3.05, 3.63) is 48.0 Å². The second kappa shape index (κ2) is 5.97. The fraction of sp³-hybridized carbons (Fsp3) is 0.474. The Hall–Kier alpha value is -2.18. The van der Waals surface area contributed by atoms with E-state index in [-0.39, 0.29) is 17.7 Å². The summed E-state index contributed by atoms with van der Waals surface area (Å²) in [5.41, 5.74) is -0.184. The molecule has 25 heavy (non-hydrogen) atoms. The molecule has 3 aliphatic heterocycles. The minimum atomic E-state index is -1.03. The average Bonchev–Trinajstić information content (AvgIpc) is 3.28. The summed E-state index contributed by atoms with van der Waals surface area (Å²) in [4.78, 5) is 27.6. The molecule has 0 aromatic heterocycles. The van der Waals surface area contributed by atoms with Gasteiger partial charge in [0.15, 0.2) is 6.29 Å². The van der Waals surface area contributed by atoms with E-state index in [0.29, 0.717) is 13.2 Å². The van der Waals surface area contributed by atoms with Crippen LogP contribution in [0.4, 0.5) is 4.79 Å². The maximum atomic E-state index is 13.3. The summed E-state index contributed by atoms with van der Waals surface area (Å²) in [5, 5.41) is 0. The van der Waals surface area contributed by atoms with E-state index >= 15 is 0 Å². The third kappa shape index (κ3) is 2.17. The van der Waals surface area contributed by atoms with Gasteiger partial charge in [-0.1, -0.05) is 49.4 Å². The monoisotopic (exact) mass is 343 g/mol. The quantitative estimate of drug-likeness (QED) is 0.770. The van der Waals surface area contributed by atoms with E-state index in [9.17, 15) is 9.59 Å². The molecule has 3 heterocycles. The van der Waals surface area contributed by atoms with Crippen molar-refractivity contribution in [1.29, 1.82) is 0 Å². The third-order valence-corrected chi connectivity index (χ3v) is 5.49. The van der Waals surface area contributed by atoms with Gasteiger partial charge in [0.1, 0.15) is 11.3 Å². The van der Waals surface area contributed by atoms with Crippen LogP contribution in [0, 0.1) is 5.92 Å². The predicted octanol–water partition coefficient (Wildman–Crippen LogP) is 2.11. The van der Waals surface area contributed by atoms with Crippen LogP contribution in [0.2, 0.25) is 0 Å². The number of hydrogen-bond acceptors (Lipinski definition) is 5. The Kier molecular flexibility index (Phi) is 3.89. The van der Waals surface area contributed by atoms with Crippen LogP contribution in [0.25, 0.3) is 0 Å². The number of Topliss-reactive ketones (excluding diaryl/α,β-unsaturated/α-hetero) is 1. The van der Waals surface area contributed by atoms with E-state index < -0.39 is 23.8 Å². The standard InChI is InChI=1S/C19H21NO5/c1-12-14-8-9-19(17-24-10-11-25-17,20(14)18(22)23-2)15(16(12)21)13-6-4-3-5-7-13/h3-9,12,14-15,17H,10-11H2,1-2H3/t12-,14+,15-,19-/m0/s1. The molecule has 0 aliphatic carbocycles. The molecule has 2 bridgehead atoms. The second-order valence-electron chi connectivity index (χ2n) is 6.69. The van der Waals surface area contributed by atoms with Crippen molar-refractivity contribution in [3.8, 4) is 0 Å². The Morgan fingerprint density at radius 1 is 1.24 bits per heavy atom. The van der Waals surface area contributed by atoms with Gasteiger partial charge in [-0.05, 0) is 5.56 Å². The molecule has 6 heteroatoms. The fourth-order valence-electron chi connectivity index (χ4n) is 4.37. The summed E-state index contributed by atoms with van der Waals surface area (Å²) in [6.07, 6.45) is 2.64. The van der Waals surface area contributed by atoms with E-state index in [2.05, 4.69) is 0 Å². The Morgan fingerprint density at radius 3 is 2.56 bits per heavy atom. The van der Waals surface area contributed by atoms with Crippen LogP contribution in [-0.2, 0) is 19.0 Å². The number of carbonyl (C=O) groups excluding carboxylic acids is 2. The first-order chi connectivity index (χ1) is 12.1. The number of ether oxygens (including phenoxy) is 3. The third-order valence-electron chi connectivity index (χ3n) is 5.49. The predicted molar refractivity (Wildman–Crippen MR) is 88.9 cm³/mol. The van der Waals surface area contributed by atoms with Crippen LogP contribution in [0.15, 0.2) is 42.5 Å². The summed E-state index contributed by atoms with van der Waals surface area (Å²) < 4.78 is 16.6. The topological polar surface area (TPSA) is 65.1 Å². The summed E-state index contributed by atoms with van der Waals surface area (Å²) in [6, 6.07) is 9.16. The molecule has 132 valence electrons. The van der Waals surface area contributed by atoms with Gasteiger partial charge < -0.3 is 14.2 Å². The number of fused-ring (bicyclic) bond motifs is 2. The summed E-state index contributed by atoms with van der Waals surface area (Å²) in [7, 11) is 1.35. The second-order valence-corrected chi connectivity index (χ2v) is 6.69. The molecule has 0 unspecified atom stereocenters. The van der Waals surface area contributed by atoms with E-state index in [4.69, 9.17) is 14.2 Å². The molecule has 6 nitrogen and oxygen atoms in total. The van der Waals surface area contributed by atoms with Gasteiger partial charge in [0, 0.05) is 5.92 Å². The van der Waals surface area contributed by atoms with E-state index in [0.717, 1.165) is 5.56 Å². The van der Waals surface area contributed by atoms with Crippen molar-refractivity contribution < 1.29 is 23.8 Å². The summed E-state index contributed by atoms with van der Waals surface area (Å²) in [6.45, 7) is 2.73. The molecular formula is C19H21NO5. The molecule has 2 fully saturated rings. The van der Waals surface area contributed by atoms with E-state index in [1.807, 2.05) is 49.4 Å². The molecule has 1 aromatic rings. The van der Waals surface area contributed by atoms with Crippen LogP contribution < -0.4 is 0 Å². The van der Waals surface area contributed by atoms with Crippen molar-refractivity contribution in [3.63, 3.8) is 0 Å². The Labute approximate surface area is 146 Å². The lowest BCUT2D eigenvalue weighted by molar-refractivity contribution is -0.162. The number of rotatable bonds is 2. The van der Waals surface area contributed by atoms with Gasteiger partial charge in [-0.25, -0.2) is 4.79 Å². The number of nitrogens with zero attached hydrogens (tertiary/aromatic N) is 1.